The van der Waals surface area contributed by atoms with Crippen molar-refractivity contribution in [2.75, 3.05) is 13.1 Å². The molecule has 5 nitrogen and oxygen atoms in total. The number of pyridine rings is 2. The lowest BCUT2D eigenvalue weighted by molar-refractivity contribution is -0.904. The second kappa shape index (κ2) is 8.96. The van der Waals surface area contributed by atoms with E-state index in [0.717, 1.165) is 39.6 Å². The van der Waals surface area contributed by atoms with Crippen LogP contribution in [0.2, 0.25) is 5.02 Å². The number of hydrogen-bond donors (Lipinski definition) is 1. The fourth-order valence-corrected chi connectivity index (χ4v) is 5.69. The molecule has 0 spiro atoms. The molecule has 2 aliphatic rings. The van der Waals surface area contributed by atoms with E-state index in [0.29, 0.717) is 19.5 Å². The number of aromatic nitrogens is 2. The summed E-state index contributed by atoms with van der Waals surface area (Å²) >= 11 is 8.10. The molecule has 7 heteroatoms. The van der Waals surface area contributed by atoms with Gasteiger partial charge in [0.25, 0.3) is 0 Å². The van der Waals surface area contributed by atoms with Crippen LogP contribution in [0.4, 0.5) is 0 Å². The van der Waals surface area contributed by atoms with Gasteiger partial charge in [-0.2, -0.15) is 0 Å². The minimum Gasteiger partial charge on any atom is -0.342 e. The second-order valence-electron chi connectivity index (χ2n) is 8.06. The van der Waals surface area contributed by atoms with Crippen LogP contribution in [-0.2, 0) is 17.0 Å². The Balaban J connectivity index is 1.42. The number of carbonyl (C=O) groups excluding carboxylic acids is 1. The maximum Gasteiger partial charge on any atom is 0.227 e. The van der Waals surface area contributed by atoms with Crippen molar-refractivity contribution in [3.8, 4) is 0 Å². The summed E-state index contributed by atoms with van der Waals surface area (Å²) in [5.74, 6) is 0.981. The van der Waals surface area contributed by atoms with Gasteiger partial charge in [0.05, 0.1) is 12.1 Å². The molecule has 1 N–H and O–H groups in total. The van der Waals surface area contributed by atoms with Gasteiger partial charge in [0.15, 0.2) is 0 Å². The summed E-state index contributed by atoms with van der Waals surface area (Å²) in [6.45, 7) is 1.39. The van der Waals surface area contributed by atoms with Crippen LogP contribution >= 0.6 is 23.4 Å². The van der Waals surface area contributed by atoms with Gasteiger partial charge in [-0.3, -0.25) is 15.0 Å². The minimum atomic E-state index is 0.117. The smallest absolute Gasteiger partial charge is 0.227 e. The number of thioether (sulfide) groups is 1. The number of carbonyl (C=O) groups is 1. The van der Waals surface area contributed by atoms with E-state index in [1.807, 2.05) is 29.3 Å². The third kappa shape index (κ3) is 4.25. The van der Waals surface area contributed by atoms with Crippen LogP contribution in [-0.4, -0.2) is 34.1 Å². The van der Waals surface area contributed by atoms with E-state index in [-0.39, 0.29) is 5.91 Å². The molecule has 1 saturated heterocycles. The average molecular weight is 465 g/mol. The molecule has 0 bridgehead atoms. The Morgan fingerprint density at radius 3 is 2.72 bits per heavy atom. The van der Waals surface area contributed by atoms with E-state index in [9.17, 15) is 10.0 Å². The van der Waals surface area contributed by atoms with Crippen LogP contribution in [0.3, 0.4) is 0 Å². The Kier molecular flexibility index (Phi) is 5.89. The molecular formula is C25H23ClN3O2S+. The van der Waals surface area contributed by atoms with Crippen LogP contribution in [0.1, 0.15) is 35.2 Å². The number of hydrogen-bond acceptors (Lipinski definition) is 4. The van der Waals surface area contributed by atoms with Gasteiger partial charge < -0.3 is 4.90 Å². The highest BCUT2D eigenvalue weighted by Crippen LogP contribution is 2.43. The fourth-order valence-electron chi connectivity index (χ4n) is 4.37. The fraction of sp³-hybridized carbons (Fsp3) is 0.240. The molecule has 0 unspecified atom stereocenters. The summed E-state index contributed by atoms with van der Waals surface area (Å²) in [4.78, 5) is 20.7. The molecule has 0 saturated carbocycles. The van der Waals surface area contributed by atoms with E-state index in [2.05, 4.69) is 12.1 Å². The summed E-state index contributed by atoms with van der Waals surface area (Å²) in [5.41, 5.74) is 6.93. The van der Waals surface area contributed by atoms with Crippen molar-refractivity contribution in [1.82, 2.24) is 9.88 Å². The molecule has 162 valence electrons. The first kappa shape index (κ1) is 21.0. The largest absolute Gasteiger partial charge is 0.342 e. The number of likely N-dealkylation sites (tertiary alicyclic amines) is 1. The van der Waals surface area contributed by atoms with Gasteiger partial charge in [0.1, 0.15) is 0 Å². The maximum absolute atomic E-state index is 12.8. The van der Waals surface area contributed by atoms with E-state index in [4.69, 9.17) is 16.6 Å². The lowest BCUT2D eigenvalue weighted by atomic mass is 9.89. The molecule has 1 fully saturated rings. The van der Waals surface area contributed by atoms with E-state index < -0.39 is 0 Å². The van der Waals surface area contributed by atoms with Gasteiger partial charge in [0, 0.05) is 57.4 Å². The zero-order valence-corrected chi connectivity index (χ0v) is 19.1. The lowest BCUT2D eigenvalue weighted by Gasteiger charge is -2.30. The summed E-state index contributed by atoms with van der Waals surface area (Å²) < 4.78 is 0.981. The highest BCUT2D eigenvalue weighted by molar-refractivity contribution is 7.98. The topological polar surface area (TPSA) is 57.3 Å². The van der Waals surface area contributed by atoms with Crippen molar-refractivity contribution in [3.05, 3.63) is 94.0 Å². The zero-order valence-electron chi connectivity index (χ0n) is 17.5. The van der Waals surface area contributed by atoms with Crippen LogP contribution < -0.4 is 4.73 Å². The Bertz CT molecular complexity index is 1200. The molecule has 32 heavy (non-hydrogen) atoms. The van der Waals surface area contributed by atoms with Gasteiger partial charge >= 0.3 is 0 Å². The van der Waals surface area contributed by atoms with Gasteiger partial charge in [0.2, 0.25) is 18.3 Å². The molecule has 2 aromatic heterocycles. The predicted octanol–water partition coefficient (Wildman–Crippen LogP) is 4.53. The van der Waals surface area contributed by atoms with Crippen LogP contribution in [0, 0.1) is 0 Å². The number of benzene rings is 1. The maximum atomic E-state index is 12.8. The Morgan fingerprint density at radius 2 is 1.94 bits per heavy atom. The van der Waals surface area contributed by atoms with Gasteiger partial charge in [-0.05, 0) is 47.7 Å². The first-order chi connectivity index (χ1) is 15.6. The van der Waals surface area contributed by atoms with E-state index >= 15 is 0 Å². The molecule has 1 amide bonds. The summed E-state index contributed by atoms with van der Waals surface area (Å²) in [7, 11) is 0. The highest BCUT2D eigenvalue weighted by Gasteiger charge is 2.27. The number of halogens is 1. The van der Waals surface area contributed by atoms with Gasteiger partial charge in [-0.1, -0.05) is 29.3 Å². The SMILES string of the molecule is O=C(Cc1cc[n+](O)cc1)N1CCC(=C2c3ccc(Cl)cc3SCc3cccnc32)CC1. The molecule has 2 aliphatic heterocycles. The quantitative estimate of drug-likeness (QED) is 0.447. The van der Waals surface area contributed by atoms with Crippen LogP contribution in [0.5, 0.6) is 0 Å². The van der Waals surface area contributed by atoms with Crippen molar-refractivity contribution in [1.29, 1.82) is 0 Å². The summed E-state index contributed by atoms with van der Waals surface area (Å²) in [6, 6.07) is 13.8. The third-order valence-electron chi connectivity index (χ3n) is 6.04. The number of piperidine rings is 1. The van der Waals surface area contributed by atoms with Crippen molar-refractivity contribution >= 4 is 34.8 Å². The molecule has 3 aromatic rings. The molecule has 1 aromatic carbocycles. The van der Waals surface area contributed by atoms with Crippen LogP contribution in [0.15, 0.2) is 71.5 Å². The highest BCUT2D eigenvalue weighted by atomic mass is 35.5. The first-order valence-corrected chi connectivity index (χ1v) is 12.0. The standard InChI is InChI=1S/C25H23ClN3O2S/c26-20-3-4-21-22(15-20)32-16-19-2-1-9-27-25(19)24(21)18-7-10-28(11-8-18)23(30)14-17-5-12-29(31)13-6-17/h1-6,9,12-13,15,31H,7-8,10-11,14,16H2/q+1. The normalized spacial score (nSPS) is 15.7. The monoisotopic (exact) mass is 464 g/mol. The number of nitrogens with zero attached hydrogens (tertiary/aromatic N) is 3. The summed E-state index contributed by atoms with van der Waals surface area (Å²) in [6.07, 6.45) is 6.94. The number of amides is 1. The zero-order chi connectivity index (χ0) is 22.1. The molecule has 0 radical (unpaired) electrons. The van der Waals surface area contributed by atoms with E-state index in [1.54, 1.807) is 36.3 Å². The molecule has 0 aliphatic carbocycles. The molecule has 0 atom stereocenters. The van der Waals surface area contributed by atoms with Crippen molar-refractivity contribution in [2.45, 2.75) is 29.9 Å². The number of rotatable bonds is 2. The predicted molar refractivity (Wildman–Crippen MR) is 125 cm³/mol. The second-order valence-corrected chi connectivity index (χ2v) is 9.52. The van der Waals surface area contributed by atoms with E-state index in [1.165, 1.54) is 27.2 Å². The minimum absolute atomic E-state index is 0.117. The average Bonchev–Trinajstić information content (AvgIpc) is 2.97. The number of fused-ring (bicyclic) bond motifs is 2. The Hall–Kier alpha value is -2.83. The lowest BCUT2D eigenvalue weighted by Crippen LogP contribution is -2.37. The molecule has 5 rings (SSSR count). The molecule has 4 heterocycles. The third-order valence-corrected chi connectivity index (χ3v) is 7.37. The van der Waals surface area contributed by atoms with Crippen molar-refractivity contribution in [2.24, 2.45) is 0 Å². The van der Waals surface area contributed by atoms with Gasteiger partial charge in [-0.15, -0.1) is 11.8 Å². The Morgan fingerprint density at radius 1 is 1.16 bits per heavy atom. The summed E-state index contributed by atoms with van der Waals surface area (Å²) in [5, 5.41) is 10.1. The molecular weight excluding hydrogens is 442 g/mol. The first-order valence-electron chi connectivity index (χ1n) is 10.6. The Labute approximate surface area is 196 Å². The van der Waals surface area contributed by atoms with Gasteiger partial charge in [-0.25, -0.2) is 0 Å². The van der Waals surface area contributed by atoms with Crippen molar-refractivity contribution < 1.29 is 14.7 Å². The van der Waals surface area contributed by atoms with Crippen LogP contribution in [0.25, 0.3) is 5.57 Å². The van der Waals surface area contributed by atoms with Crippen molar-refractivity contribution in [3.63, 3.8) is 0 Å².